The lowest BCUT2D eigenvalue weighted by Gasteiger charge is -2.37. The maximum atomic E-state index is 13.1. The molecule has 1 aliphatic heterocycles. The van der Waals surface area contributed by atoms with Gasteiger partial charge in [-0.25, -0.2) is 4.98 Å². The van der Waals surface area contributed by atoms with Crippen molar-refractivity contribution in [2.24, 2.45) is 7.05 Å². The van der Waals surface area contributed by atoms with Gasteiger partial charge in [0.05, 0.1) is 35.4 Å². The first-order valence-electron chi connectivity index (χ1n) is 7.62. The van der Waals surface area contributed by atoms with E-state index in [0.29, 0.717) is 18.7 Å². The normalized spacial score (nSPS) is 22.3. The third-order valence-corrected chi connectivity index (χ3v) is 4.20. The molecule has 0 radical (unpaired) electrons. The minimum Gasteiger partial charge on any atom is -0.375 e. The molecule has 22 heavy (non-hydrogen) atoms. The number of aryl methyl sites for hydroxylation is 3. The average Bonchev–Trinajstić information content (AvgIpc) is 2.75. The van der Waals surface area contributed by atoms with Crippen molar-refractivity contribution >= 4 is 16.9 Å². The van der Waals surface area contributed by atoms with Gasteiger partial charge < -0.3 is 9.64 Å². The predicted octanol–water partition coefficient (Wildman–Crippen LogP) is 1.83. The summed E-state index contributed by atoms with van der Waals surface area (Å²) in [6.45, 7) is 9.03. The van der Waals surface area contributed by atoms with Crippen LogP contribution in [0.4, 0.5) is 0 Å². The lowest BCUT2D eigenvalue weighted by molar-refractivity contribution is -0.0386. The van der Waals surface area contributed by atoms with E-state index >= 15 is 0 Å². The Morgan fingerprint density at radius 3 is 2.82 bits per heavy atom. The topological polar surface area (TPSA) is 60.3 Å². The average molecular weight is 302 g/mol. The van der Waals surface area contributed by atoms with Gasteiger partial charge in [-0.15, -0.1) is 0 Å². The van der Waals surface area contributed by atoms with Crippen LogP contribution in [0.25, 0.3) is 11.0 Å². The lowest BCUT2D eigenvalue weighted by Crippen LogP contribution is -2.50. The summed E-state index contributed by atoms with van der Waals surface area (Å²) < 4.78 is 7.36. The van der Waals surface area contributed by atoms with Crippen molar-refractivity contribution in [3.05, 3.63) is 23.0 Å². The molecule has 1 aliphatic rings. The molecule has 0 spiro atoms. The van der Waals surface area contributed by atoms with Crippen molar-refractivity contribution in [1.29, 1.82) is 0 Å². The molecule has 2 unspecified atom stereocenters. The molecule has 1 saturated heterocycles. The Morgan fingerprint density at radius 1 is 1.36 bits per heavy atom. The molecule has 6 nitrogen and oxygen atoms in total. The molecule has 0 saturated carbocycles. The Bertz CT molecular complexity index is 737. The third-order valence-electron chi connectivity index (χ3n) is 4.20. The number of rotatable bonds is 1. The Kier molecular flexibility index (Phi) is 3.64. The molecular weight excluding hydrogens is 280 g/mol. The standard InChI is InChI=1S/C16H22N4O2/c1-9-6-13(14-12(4)18-19(5)15(14)17-9)16(21)20-7-11(3)22-8-10(20)2/h6,10-11H,7-8H2,1-5H3. The molecule has 2 aromatic heterocycles. The van der Waals surface area contributed by atoms with Crippen molar-refractivity contribution < 1.29 is 9.53 Å². The van der Waals surface area contributed by atoms with Gasteiger partial charge in [0.2, 0.25) is 0 Å². The van der Waals surface area contributed by atoms with Crippen LogP contribution in [0.15, 0.2) is 6.07 Å². The van der Waals surface area contributed by atoms with Crippen LogP contribution in [-0.2, 0) is 11.8 Å². The first kappa shape index (κ1) is 15.0. The molecule has 3 rings (SSSR count). The molecule has 3 heterocycles. The van der Waals surface area contributed by atoms with E-state index in [0.717, 1.165) is 22.4 Å². The molecule has 6 heteroatoms. The summed E-state index contributed by atoms with van der Waals surface area (Å²) in [7, 11) is 1.86. The van der Waals surface area contributed by atoms with E-state index < -0.39 is 0 Å². The van der Waals surface area contributed by atoms with Crippen LogP contribution in [-0.4, -0.2) is 50.9 Å². The highest BCUT2D eigenvalue weighted by Gasteiger charge is 2.30. The zero-order valence-electron chi connectivity index (χ0n) is 13.8. The van der Waals surface area contributed by atoms with E-state index in [2.05, 4.69) is 10.1 Å². The predicted molar refractivity (Wildman–Crippen MR) is 83.9 cm³/mol. The Morgan fingerprint density at radius 2 is 2.09 bits per heavy atom. The van der Waals surface area contributed by atoms with Crippen LogP contribution in [0.2, 0.25) is 0 Å². The van der Waals surface area contributed by atoms with Gasteiger partial charge in [0.1, 0.15) is 0 Å². The van der Waals surface area contributed by atoms with Gasteiger partial charge in [-0.1, -0.05) is 0 Å². The molecule has 0 aromatic carbocycles. The smallest absolute Gasteiger partial charge is 0.255 e. The quantitative estimate of drug-likeness (QED) is 0.806. The number of fused-ring (bicyclic) bond motifs is 1. The van der Waals surface area contributed by atoms with Crippen LogP contribution >= 0.6 is 0 Å². The zero-order chi connectivity index (χ0) is 16.0. The minimum atomic E-state index is 0.0363. The number of carbonyl (C=O) groups is 1. The fourth-order valence-corrected chi connectivity index (χ4v) is 3.08. The van der Waals surface area contributed by atoms with E-state index in [1.54, 1.807) is 4.68 Å². The number of morpholine rings is 1. The Hall–Kier alpha value is -1.95. The minimum absolute atomic E-state index is 0.0363. The van der Waals surface area contributed by atoms with Gasteiger partial charge >= 0.3 is 0 Å². The number of carbonyl (C=O) groups excluding carboxylic acids is 1. The first-order valence-corrected chi connectivity index (χ1v) is 7.62. The van der Waals surface area contributed by atoms with Gasteiger partial charge in [-0.3, -0.25) is 9.48 Å². The van der Waals surface area contributed by atoms with Gasteiger partial charge in [-0.05, 0) is 33.8 Å². The van der Waals surface area contributed by atoms with Crippen LogP contribution in [0.3, 0.4) is 0 Å². The lowest BCUT2D eigenvalue weighted by atomic mass is 10.1. The van der Waals surface area contributed by atoms with Crippen LogP contribution in [0.5, 0.6) is 0 Å². The first-order chi connectivity index (χ1) is 10.4. The molecule has 1 amide bonds. The molecule has 2 aromatic rings. The summed E-state index contributed by atoms with van der Waals surface area (Å²) in [6, 6.07) is 1.94. The summed E-state index contributed by atoms with van der Waals surface area (Å²) in [6.07, 6.45) is 0.0635. The van der Waals surface area contributed by atoms with Gasteiger partial charge in [0, 0.05) is 19.3 Å². The van der Waals surface area contributed by atoms with Crippen molar-refractivity contribution in [2.75, 3.05) is 13.2 Å². The van der Waals surface area contributed by atoms with E-state index in [4.69, 9.17) is 4.74 Å². The molecule has 0 bridgehead atoms. The van der Waals surface area contributed by atoms with E-state index in [9.17, 15) is 4.79 Å². The monoisotopic (exact) mass is 302 g/mol. The second-order valence-electron chi connectivity index (χ2n) is 6.17. The van der Waals surface area contributed by atoms with Crippen LogP contribution in [0, 0.1) is 13.8 Å². The summed E-state index contributed by atoms with van der Waals surface area (Å²) >= 11 is 0. The second kappa shape index (κ2) is 5.35. The van der Waals surface area contributed by atoms with Gasteiger partial charge in [-0.2, -0.15) is 5.10 Å². The van der Waals surface area contributed by atoms with Crippen molar-refractivity contribution in [2.45, 2.75) is 39.8 Å². The van der Waals surface area contributed by atoms with Crippen LogP contribution in [0.1, 0.15) is 35.6 Å². The molecule has 0 aliphatic carbocycles. The van der Waals surface area contributed by atoms with E-state index in [1.165, 1.54) is 0 Å². The summed E-state index contributed by atoms with van der Waals surface area (Å²) in [5.74, 6) is 0.0363. The summed E-state index contributed by atoms with van der Waals surface area (Å²) in [5.41, 5.74) is 3.11. The fourth-order valence-electron chi connectivity index (χ4n) is 3.08. The zero-order valence-corrected chi connectivity index (χ0v) is 13.8. The molecule has 1 fully saturated rings. The third kappa shape index (κ3) is 2.37. The molecule has 0 N–H and O–H groups in total. The number of aromatic nitrogens is 3. The van der Waals surface area contributed by atoms with Crippen molar-refractivity contribution in [3.8, 4) is 0 Å². The highest BCUT2D eigenvalue weighted by Crippen LogP contribution is 2.24. The van der Waals surface area contributed by atoms with Gasteiger partial charge in [0.25, 0.3) is 5.91 Å². The summed E-state index contributed by atoms with van der Waals surface area (Å²) in [5, 5.41) is 5.26. The highest BCUT2D eigenvalue weighted by atomic mass is 16.5. The van der Waals surface area contributed by atoms with E-state index in [1.807, 2.05) is 45.7 Å². The molecule has 118 valence electrons. The number of hydrogen-bond acceptors (Lipinski definition) is 4. The molecular formula is C16H22N4O2. The second-order valence-corrected chi connectivity index (χ2v) is 6.17. The van der Waals surface area contributed by atoms with Crippen molar-refractivity contribution in [1.82, 2.24) is 19.7 Å². The SMILES string of the molecule is Cc1cc(C(=O)N2CC(C)OCC2C)c2c(C)nn(C)c2n1. The van der Waals surface area contributed by atoms with Crippen LogP contribution < -0.4 is 0 Å². The number of pyridine rings is 1. The fraction of sp³-hybridized carbons (Fsp3) is 0.562. The highest BCUT2D eigenvalue weighted by molar-refractivity contribution is 6.06. The number of amides is 1. The van der Waals surface area contributed by atoms with E-state index in [-0.39, 0.29) is 18.1 Å². The van der Waals surface area contributed by atoms with Gasteiger partial charge in [0.15, 0.2) is 5.65 Å². The van der Waals surface area contributed by atoms with Crippen molar-refractivity contribution in [3.63, 3.8) is 0 Å². The summed E-state index contributed by atoms with van der Waals surface area (Å²) in [4.78, 5) is 19.5. The number of ether oxygens (including phenoxy) is 1. The Labute approximate surface area is 130 Å². The Balaban J connectivity index is 2.11. The maximum absolute atomic E-state index is 13.1. The number of hydrogen-bond donors (Lipinski definition) is 0. The number of nitrogens with zero attached hydrogens (tertiary/aromatic N) is 4. The largest absolute Gasteiger partial charge is 0.375 e. The molecule has 2 atom stereocenters. The maximum Gasteiger partial charge on any atom is 0.255 e.